The van der Waals surface area contributed by atoms with Crippen LogP contribution in [-0.2, 0) is 17.8 Å². The topological polar surface area (TPSA) is 63.3 Å². The molecular formula is C9H10FNO2. The highest BCUT2D eigenvalue weighted by Gasteiger charge is 2.06. The van der Waals surface area contributed by atoms with Crippen LogP contribution in [0.4, 0.5) is 4.39 Å². The first-order chi connectivity index (χ1) is 6.13. The lowest BCUT2D eigenvalue weighted by Crippen LogP contribution is -2.07. The van der Waals surface area contributed by atoms with E-state index < -0.39 is 11.8 Å². The zero-order valence-corrected chi connectivity index (χ0v) is 6.96. The van der Waals surface area contributed by atoms with E-state index >= 15 is 0 Å². The van der Waals surface area contributed by atoms with E-state index in [0.29, 0.717) is 11.1 Å². The molecular weight excluding hydrogens is 173 g/mol. The Labute approximate surface area is 75.0 Å². The summed E-state index contributed by atoms with van der Waals surface area (Å²) < 4.78 is 12.7. The van der Waals surface area contributed by atoms with E-state index in [-0.39, 0.29) is 13.0 Å². The van der Waals surface area contributed by atoms with Crippen molar-refractivity contribution in [3.8, 4) is 0 Å². The predicted molar refractivity (Wildman–Crippen MR) is 45.6 cm³/mol. The van der Waals surface area contributed by atoms with Gasteiger partial charge in [-0.3, -0.25) is 4.79 Å². The molecule has 0 radical (unpaired) electrons. The number of aliphatic carboxylic acids is 1. The molecule has 0 aliphatic rings. The Morgan fingerprint density at radius 3 is 2.69 bits per heavy atom. The van der Waals surface area contributed by atoms with E-state index in [1.54, 1.807) is 0 Å². The highest BCUT2D eigenvalue weighted by atomic mass is 19.1. The van der Waals surface area contributed by atoms with Gasteiger partial charge in [-0.15, -0.1) is 0 Å². The molecule has 70 valence electrons. The summed E-state index contributed by atoms with van der Waals surface area (Å²) in [5, 5.41) is 8.51. The highest BCUT2D eigenvalue weighted by molar-refractivity contribution is 5.70. The van der Waals surface area contributed by atoms with E-state index in [2.05, 4.69) is 0 Å². The molecule has 0 bridgehead atoms. The average molecular weight is 183 g/mol. The number of halogens is 1. The molecule has 0 fully saturated rings. The second kappa shape index (κ2) is 4.00. The van der Waals surface area contributed by atoms with Crippen molar-refractivity contribution in [1.29, 1.82) is 0 Å². The molecule has 3 N–H and O–H groups in total. The minimum absolute atomic E-state index is 0.190. The fourth-order valence-corrected chi connectivity index (χ4v) is 1.12. The lowest BCUT2D eigenvalue weighted by atomic mass is 10.0. The molecule has 0 spiro atoms. The summed E-state index contributed by atoms with van der Waals surface area (Å²) in [6, 6.07) is 3.98. The summed E-state index contributed by atoms with van der Waals surface area (Å²) in [5.41, 5.74) is 6.47. The maximum Gasteiger partial charge on any atom is 0.307 e. The quantitative estimate of drug-likeness (QED) is 0.732. The van der Waals surface area contributed by atoms with Gasteiger partial charge in [0.15, 0.2) is 0 Å². The van der Waals surface area contributed by atoms with Crippen LogP contribution in [0.3, 0.4) is 0 Å². The summed E-state index contributed by atoms with van der Waals surface area (Å²) in [5.74, 6) is -1.42. The number of rotatable bonds is 3. The van der Waals surface area contributed by atoms with Gasteiger partial charge >= 0.3 is 5.97 Å². The zero-order valence-electron chi connectivity index (χ0n) is 6.96. The third kappa shape index (κ3) is 2.52. The third-order valence-electron chi connectivity index (χ3n) is 1.73. The van der Waals surface area contributed by atoms with Crippen molar-refractivity contribution in [2.75, 3.05) is 0 Å². The van der Waals surface area contributed by atoms with Crippen molar-refractivity contribution in [1.82, 2.24) is 0 Å². The molecule has 0 heterocycles. The molecule has 3 nitrogen and oxygen atoms in total. The molecule has 0 aliphatic carbocycles. The molecule has 0 aromatic heterocycles. The van der Waals surface area contributed by atoms with E-state index in [1.165, 1.54) is 18.2 Å². The van der Waals surface area contributed by atoms with Gasteiger partial charge in [-0.1, -0.05) is 6.07 Å². The first-order valence-corrected chi connectivity index (χ1v) is 3.82. The maximum atomic E-state index is 12.7. The van der Waals surface area contributed by atoms with Gasteiger partial charge in [-0.05, 0) is 23.3 Å². The Bertz CT molecular complexity index is 325. The molecule has 0 unspecified atom stereocenters. The van der Waals surface area contributed by atoms with Gasteiger partial charge < -0.3 is 10.8 Å². The molecule has 0 saturated carbocycles. The van der Waals surface area contributed by atoms with Crippen molar-refractivity contribution >= 4 is 5.97 Å². The van der Waals surface area contributed by atoms with E-state index in [4.69, 9.17) is 10.8 Å². The van der Waals surface area contributed by atoms with Gasteiger partial charge in [-0.2, -0.15) is 0 Å². The molecule has 0 saturated heterocycles. The van der Waals surface area contributed by atoms with Gasteiger partial charge in [-0.25, -0.2) is 4.39 Å². The summed E-state index contributed by atoms with van der Waals surface area (Å²) in [7, 11) is 0. The molecule has 13 heavy (non-hydrogen) atoms. The Morgan fingerprint density at radius 1 is 1.46 bits per heavy atom. The Hall–Kier alpha value is -1.42. The van der Waals surface area contributed by atoms with Crippen molar-refractivity contribution in [3.05, 3.63) is 35.1 Å². The van der Waals surface area contributed by atoms with Crippen molar-refractivity contribution in [2.45, 2.75) is 13.0 Å². The van der Waals surface area contributed by atoms with Crippen molar-refractivity contribution in [3.63, 3.8) is 0 Å². The normalized spacial score (nSPS) is 10.0. The summed E-state index contributed by atoms with van der Waals surface area (Å²) in [6.07, 6.45) is -0.190. The number of benzene rings is 1. The molecule has 4 heteroatoms. The van der Waals surface area contributed by atoms with Crippen LogP contribution in [-0.4, -0.2) is 11.1 Å². The van der Waals surface area contributed by atoms with Gasteiger partial charge in [0, 0.05) is 6.54 Å². The largest absolute Gasteiger partial charge is 0.481 e. The van der Waals surface area contributed by atoms with Crippen LogP contribution in [0.5, 0.6) is 0 Å². The maximum absolute atomic E-state index is 12.7. The fourth-order valence-electron chi connectivity index (χ4n) is 1.12. The Balaban J connectivity index is 3.01. The second-order valence-electron chi connectivity index (χ2n) is 2.69. The molecule has 1 aromatic rings. The number of carboxylic acid groups (broad SMARTS) is 1. The zero-order chi connectivity index (χ0) is 9.84. The van der Waals surface area contributed by atoms with E-state index in [0.717, 1.165) is 0 Å². The SMILES string of the molecule is NCc1ccc(F)cc1CC(=O)O. The van der Waals surface area contributed by atoms with Gasteiger partial charge in [0.2, 0.25) is 0 Å². The first kappa shape index (κ1) is 9.67. The lowest BCUT2D eigenvalue weighted by Gasteiger charge is -2.04. The Kier molecular flexibility index (Phi) is 2.97. The number of nitrogens with two attached hydrogens (primary N) is 1. The monoisotopic (exact) mass is 183 g/mol. The minimum Gasteiger partial charge on any atom is -0.481 e. The van der Waals surface area contributed by atoms with Crippen LogP contribution in [0, 0.1) is 5.82 Å². The lowest BCUT2D eigenvalue weighted by molar-refractivity contribution is -0.136. The predicted octanol–water partition coefficient (Wildman–Crippen LogP) is 0.911. The Morgan fingerprint density at radius 2 is 2.15 bits per heavy atom. The standard InChI is InChI=1S/C9H10FNO2/c10-8-2-1-6(5-11)7(3-8)4-9(12)13/h1-3H,4-5,11H2,(H,12,13). The summed E-state index contributed by atoms with van der Waals surface area (Å²) in [4.78, 5) is 10.4. The van der Waals surface area contributed by atoms with Gasteiger partial charge in [0.25, 0.3) is 0 Å². The van der Waals surface area contributed by atoms with Crippen LogP contribution >= 0.6 is 0 Å². The van der Waals surface area contributed by atoms with Crippen LogP contribution in [0.15, 0.2) is 18.2 Å². The van der Waals surface area contributed by atoms with Gasteiger partial charge in [0.05, 0.1) is 6.42 Å². The minimum atomic E-state index is -0.986. The van der Waals surface area contributed by atoms with Crippen LogP contribution in [0.25, 0.3) is 0 Å². The fraction of sp³-hybridized carbons (Fsp3) is 0.222. The number of carbonyl (C=O) groups is 1. The van der Waals surface area contributed by atoms with Crippen LogP contribution in [0.2, 0.25) is 0 Å². The number of carboxylic acids is 1. The smallest absolute Gasteiger partial charge is 0.307 e. The summed E-state index contributed by atoms with van der Waals surface area (Å²) >= 11 is 0. The molecule has 1 aromatic carbocycles. The van der Waals surface area contributed by atoms with Gasteiger partial charge in [0.1, 0.15) is 5.82 Å². The average Bonchev–Trinajstić information content (AvgIpc) is 2.03. The molecule has 1 rings (SSSR count). The van der Waals surface area contributed by atoms with Crippen LogP contribution < -0.4 is 5.73 Å². The molecule has 0 atom stereocenters. The van der Waals surface area contributed by atoms with E-state index in [1.807, 2.05) is 0 Å². The van der Waals surface area contributed by atoms with Crippen molar-refractivity contribution in [2.24, 2.45) is 5.73 Å². The highest BCUT2D eigenvalue weighted by Crippen LogP contribution is 2.11. The molecule has 0 amide bonds. The number of hydrogen-bond acceptors (Lipinski definition) is 2. The first-order valence-electron chi connectivity index (χ1n) is 3.82. The third-order valence-corrected chi connectivity index (χ3v) is 1.73. The second-order valence-corrected chi connectivity index (χ2v) is 2.69. The van der Waals surface area contributed by atoms with E-state index in [9.17, 15) is 9.18 Å². The summed E-state index contributed by atoms with van der Waals surface area (Å²) in [6.45, 7) is 0.225. The molecule has 0 aliphatic heterocycles. The van der Waals surface area contributed by atoms with Crippen molar-refractivity contribution < 1.29 is 14.3 Å². The number of hydrogen-bond donors (Lipinski definition) is 2. The van der Waals surface area contributed by atoms with Crippen LogP contribution in [0.1, 0.15) is 11.1 Å².